The van der Waals surface area contributed by atoms with Crippen LogP contribution < -0.4 is 16.5 Å². The van der Waals surface area contributed by atoms with Crippen molar-refractivity contribution in [1.29, 1.82) is 0 Å². The summed E-state index contributed by atoms with van der Waals surface area (Å²) in [5.74, 6) is 6.25. The second-order valence-corrected chi connectivity index (χ2v) is 8.80. The minimum atomic E-state index is -0.109. The van der Waals surface area contributed by atoms with Gasteiger partial charge < -0.3 is 21.4 Å². The number of aliphatic imine (C=N–C) groups is 1. The third-order valence-corrected chi connectivity index (χ3v) is 6.20. The molecule has 0 saturated heterocycles. The molecular formula is C24H26N8OS. The molecule has 0 fully saturated rings. The standard InChI is InChI=1S/C24H26N8OS/c1-26-22(30-31-25)15-7-8-18-20(14-15)29-23(19-9-12-34-21(18)19)28-17-6-4-5-16(13-17)24(33)27-10-11-32(2)3/h4-9,12-14H,10-11H2,1-3H3,(H,27,33)(H,28,29)(H2,25,26,30). The second-order valence-electron chi connectivity index (χ2n) is 7.88. The van der Waals surface area contributed by atoms with E-state index in [1.54, 1.807) is 24.5 Å². The first kappa shape index (κ1) is 23.3. The monoisotopic (exact) mass is 474 g/mol. The van der Waals surface area contributed by atoms with Gasteiger partial charge in [-0.05, 0) is 49.8 Å². The van der Waals surface area contributed by atoms with E-state index in [4.69, 9.17) is 10.8 Å². The number of aromatic nitrogens is 1. The number of benzene rings is 2. The highest BCUT2D eigenvalue weighted by Crippen LogP contribution is 2.35. The number of rotatable bonds is 7. The Bertz CT molecular complexity index is 1390. The van der Waals surface area contributed by atoms with Crippen LogP contribution in [0, 0.1) is 0 Å². The summed E-state index contributed by atoms with van der Waals surface area (Å²) in [5.41, 5.74) is 2.93. The zero-order valence-corrected chi connectivity index (χ0v) is 20.1. The lowest BCUT2D eigenvalue weighted by atomic mass is 10.1. The number of thiophene rings is 1. The van der Waals surface area contributed by atoms with E-state index in [0.29, 0.717) is 23.8 Å². The lowest BCUT2D eigenvalue weighted by Crippen LogP contribution is -2.31. The molecule has 2 heterocycles. The minimum Gasteiger partial charge on any atom is -0.351 e. The molecule has 174 valence electrons. The SMILES string of the molecule is CN=C(N=NN)c1ccc2c(c1)nc(Nc1cccc(C(=O)NCCN(C)C)c1)c1ccsc12. The molecule has 34 heavy (non-hydrogen) atoms. The number of nitrogens with zero attached hydrogens (tertiary/aromatic N) is 5. The number of pyridine rings is 1. The topological polar surface area (TPSA) is 120 Å². The highest BCUT2D eigenvalue weighted by atomic mass is 32.1. The van der Waals surface area contributed by atoms with Gasteiger partial charge in [0.1, 0.15) is 5.82 Å². The molecule has 4 aromatic rings. The molecule has 4 N–H and O–H groups in total. The Morgan fingerprint density at radius 1 is 1.12 bits per heavy atom. The number of carbonyl (C=O) groups is 1. The largest absolute Gasteiger partial charge is 0.351 e. The van der Waals surface area contributed by atoms with E-state index in [1.165, 1.54) is 0 Å². The van der Waals surface area contributed by atoms with Crippen LogP contribution in [0.25, 0.3) is 21.0 Å². The van der Waals surface area contributed by atoms with Crippen molar-refractivity contribution < 1.29 is 4.79 Å². The van der Waals surface area contributed by atoms with Gasteiger partial charge in [0.05, 0.1) is 5.52 Å². The van der Waals surface area contributed by atoms with Crippen LogP contribution in [-0.4, -0.2) is 55.9 Å². The highest BCUT2D eigenvalue weighted by molar-refractivity contribution is 7.18. The summed E-state index contributed by atoms with van der Waals surface area (Å²) in [6.07, 6.45) is 0. The smallest absolute Gasteiger partial charge is 0.251 e. The quantitative estimate of drug-likeness (QED) is 0.122. The van der Waals surface area contributed by atoms with E-state index in [2.05, 4.69) is 26.0 Å². The van der Waals surface area contributed by atoms with E-state index >= 15 is 0 Å². The van der Waals surface area contributed by atoms with Crippen LogP contribution in [0.2, 0.25) is 0 Å². The zero-order chi connectivity index (χ0) is 24.1. The average Bonchev–Trinajstić information content (AvgIpc) is 3.33. The molecule has 0 aliphatic carbocycles. The number of amides is 1. The first-order valence-electron chi connectivity index (χ1n) is 10.7. The molecule has 4 rings (SSSR count). The predicted molar refractivity (Wildman–Crippen MR) is 139 cm³/mol. The molecule has 9 nitrogen and oxygen atoms in total. The van der Waals surface area contributed by atoms with E-state index in [-0.39, 0.29) is 5.91 Å². The number of anilines is 2. The van der Waals surface area contributed by atoms with Crippen molar-refractivity contribution in [3.8, 4) is 0 Å². The molecule has 0 bridgehead atoms. The second kappa shape index (κ2) is 10.4. The minimum absolute atomic E-state index is 0.109. The summed E-state index contributed by atoms with van der Waals surface area (Å²) in [5, 5.41) is 17.7. The van der Waals surface area contributed by atoms with Crippen molar-refractivity contribution in [2.45, 2.75) is 0 Å². The summed E-state index contributed by atoms with van der Waals surface area (Å²) in [7, 11) is 5.58. The Morgan fingerprint density at radius 3 is 2.74 bits per heavy atom. The summed E-state index contributed by atoms with van der Waals surface area (Å²) in [6.45, 7) is 1.36. The van der Waals surface area contributed by atoms with Crippen molar-refractivity contribution in [2.24, 2.45) is 21.2 Å². The number of nitrogens with one attached hydrogen (secondary N) is 2. The van der Waals surface area contributed by atoms with Gasteiger partial charge in [0.15, 0.2) is 5.84 Å². The maximum Gasteiger partial charge on any atom is 0.251 e. The summed E-state index contributed by atoms with van der Waals surface area (Å²) in [4.78, 5) is 23.6. The van der Waals surface area contributed by atoms with Crippen molar-refractivity contribution in [3.63, 3.8) is 0 Å². The summed E-state index contributed by atoms with van der Waals surface area (Å²) < 4.78 is 1.12. The van der Waals surface area contributed by atoms with Gasteiger partial charge in [-0.2, -0.15) is 0 Å². The molecule has 0 radical (unpaired) electrons. The zero-order valence-electron chi connectivity index (χ0n) is 19.2. The fourth-order valence-electron chi connectivity index (χ4n) is 3.59. The third-order valence-electron chi connectivity index (χ3n) is 5.25. The molecule has 0 spiro atoms. The molecule has 0 saturated carbocycles. The summed E-state index contributed by atoms with van der Waals surface area (Å²) >= 11 is 1.65. The number of nitrogens with two attached hydrogens (primary N) is 1. The lowest BCUT2D eigenvalue weighted by molar-refractivity contribution is 0.0951. The predicted octanol–water partition coefficient (Wildman–Crippen LogP) is 4.19. The van der Waals surface area contributed by atoms with Gasteiger partial charge in [-0.15, -0.1) is 16.5 Å². The Kier molecular flexibility index (Phi) is 7.09. The molecule has 1 amide bonds. The molecule has 2 aromatic carbocycles. The molecule has 0 aliphatic heterocycles. The van der Waals surface area contributed by atoms with Crippen molar-refractivity contribution >= 4 is 55.6 Å². The van der Waals surface area contributed by atoms with Crippen LogP contribution >= 0.6 is 11.3 Å². The van der Waals surface area contributed by atoms with Gasteiger partial charge >= 0.3 is 0 Å². The van der Waals surface area contributed by atoms with Crippen LogP contribution in [0.1, 0.15) is 15.9 Å². The van der Waals surface area contributed by atoms with Crippen molar-refractivity contribution in [1.82, 2.24) is 15.2 Å². The Morgan fingerprint density at radius 2 is 1.97 bits per heavy atom. The molecule has 0 unspecified atom stereocenters. The van der Waals surface area contributed by atoms with Crippen molar-refractivity contribution in [3.05, 3.63) is 65.0 Å². The fourth-order valence-corrected chi connectivity index (χ4v) is 4.52. The number of amidine groups is 1. The first-order chi connectivity index (χ1) is 16.5. The molecular weight excluding hydrogens is 448 g/mol. The van der Waals surface area contributed by atoms with Crippen LogP contribution in [-0.2, 0) is 0 Å². The van der Waals surface area contributed by atoms with Gasteiger partial charge in [-0.1, -0.05) is 23.4 Å². The Balaban J connectivity index is 1.67. The maximum absolute atomic E-state index is 12.6. The average molecular weight is 475 g/mol. The number of hydrogen-bond donors (Lipinski definition) is 3. The van der Waals surface area contributed by atoms with Gasteiger partial charge in [-0.3, -0.25) is 9.79 Å². The third kappa shape index (κ3) is 5.03. The van der Waals surface area contributed by atoms with E-state index in [1.807, 2.05) is 66.8 Å². The lowest BCUT2D eigenvalue weighted by Gasteiger charge is -2.12. The van der Waals surface area contributed by atoms with Gasteiger partial charge in [0, 0.05) is 52.4 Å². The fraction of sp³-hybridized carbons (Fsp3) is 0.208. The Hall–Kier alpha value is -3.89. The molecule has 2 aromatic heterocycles. The molecule has 10 heteroatoms. The highest BCUT2D eigenvalue weighted by Gasteiger charge is 2.13. The van der Waals surface area contributed by atoms with Crippen LogP contribution in [0.4, 0.5) is 11.5 Å². The van der Waals surface area contributed by atoms with E-state index < -0.39 is 0 Å². The molecule has 0 atom stereocenters. The maximum atomic E-state index is 12.6. The number of likely N-dealkylation sites (N-methyl/N-ethyl adjacent to an activating group) is 1. The van der Waals surface area contributed by atoms with E-state index in [0.717, 1.165) is 38.8 Å². The number of hydrogen-bond acceptors (Lipinski definition) is 7. The van der Waals surface area contributed by atoms with Crippen molar-refractivity contribution in [2.75, 3.05) is 39.5 Å². The van der Waals surface area contributed by atoms with Gasteiger partial charge in [0.2, 0.25) is 0 Å². The normalized spacial score (nSPS) is 12.2. The first-order valence-corrected chi connectivity index (χ1v) is 11.6. The number of carbonyl (C=O) groups excluding carboxylic acids is 1. The number of fused-ring (bicyclic) bond motifs is 3. The van der Waals surface area contributed by atoms with Crippen LogP contribution in [0.3, 0.4) is 0 Å². The van der Waals surface area contributed by atoms with Gasteiger partial charge in [-0.25, -0.2) is 4.98 Å². The van der Waals surface area contributed by atoms with Crippen LogP contribution in [0.15, 0.2) is 69.2 Å². The van der Waals surface area contributed by atoms with Crippen LogP contribution in [0.5, 0.6) is 0 Å². The van der Waals surface area contributed by atoms with Gasteiger partial charge in [0.25, 0.3) is 5.91 Å². The molecule has 0 aliphatic rings. The van der Waals surface area contributed by atoms with E-state index in [9.17, 15) is 4.79 Å². The Labute approximate surface area is 201 Å². The summed E-state index contributed by atoms with van der Waals surface area (Å²) in [6, 6.07) is 15.3.